The van der Waals surface area contributed by atoms with Crippen molar-refractivity contribution in [1.82, 2.24) is 19.4 Å². The van der Waals surface area contributed by atoms with Gasteiger partial charge in [0.15, 0.2) is 0 Å². The van der Waals surface area contributed by atoms with E-state index in [1.54, 1.807) is 0 Å². The monoisotopic (exact) mass is 315 g/mol. The van der Waals surface area contributed by atoms with Crippen LogP contribution in [0.5, 0.6) is 0 Å². The maximum atomic E-state index is 5.96. The van der Waals surface area contributed by atoms with Gasteiger partial charge in [-0.05, 0) is 22.5 Å². The highest BCUT2D eigenvalue weighted by Gasteiger charge is 2.26. The molecule has 0 radical (unpaired) electrons. The zero-order valence-corrected chi connectivity index (χ0v) is 12.7. The molecule has 1 fully saturated rings. The molecule has 0 aliphatic carbocycles. The van der Waals surface area contributed by atoms with Gasteiger partial charge < -0.3 is 15.2 Å². The molecule has 1 saturated heterocycles. The lowest BCUT2D eigenvalue weighted by Crippen LogP contribution is -2.48. The summed E-state index contributed by atoms with van der Waals surface area (Å²) in [5.41, 5.74) is 7.02. The molecule has 0 aromatic carbocycles. The fraction of sp³-hybridized carbons (Fsp3) is 0.750. The molecule has 0 bridgehead atoms. The van der Waals surface area contributed by atoms with Crippen LogP contribution in [0.4, 0.5) is 0 Å². The molecule has 1 aliphatic heterocycles. The van der Waals surface area contributed by atoms with Crippen LogP contribution in [0.1, 0.15) is 18.7 Å². The minimum atomic E-state index is 0.222. The van der Waals surface area contributed by atoms with Gasteiger partial charge >= 0.3 is 0 Å². The summed E-state index contributed by atoms with van der Waals surface area (Å²) in [5.74, 6) is 0. The number of piperazine rings is 1. The van der Waals surface area contributed by atoms with E-state index >= 15 is 0 Å². The van der Waals surface area contributed by atoms with Gasteiger partial charge in [0, 0.05) is 39.8 Å². The van der Waals surface area contributed by atoms with Gasteiger partial charge in [-0.1, -0.05) is 6.92 Å². The van der Waals surface area contributed by atoms with Crippen molar-refractivity contribution in [3.63, 3.8) is 0 Å². The molecule has 1 aromatic rings. The van der Waals surface area contributed by atoms with E-state index in [0.717, 1.165) is 43.0 Å². The quantitative estimate of drug-likeness (QED) is 0.894. The molecule has 18 heavy (non-hydrogen) atoms. The van der Waals surface area contributed by atoms with E-state index in [2.05, 4.69) is 37.6 Å². The average Bonchev–Trinajstić information content (AvgIpc) is 2.73. The molecule has 2 N–H and O–H groups in total. The van der Waals surface area contributed by atoms with Crippen LogP contribution in [0.15, 0.2) is 10.9 Å². The molecule has 0 spiro atoms. The molecule has 5 nitrogen and oxygen atoms in total. The first kappa shape index (κ1) is 14.0. The van der Waals surface area contributed by atoms with Gasteiger partial charge in [-0.25, -0.2) is 4.98 Å². The summed E-state index contributed by atoms with van der Waals surface area (Å²) in [7, 11) is 1.99. The largest absolute Gasteiger partial charge is 0.329 e. The second kappa shape index (κ2) is 6.14. The smallest absolute Gasteiger partial charge is 0.109 e. The Morgan fingerprint density at radius 1 is 1.39 bits per heavy atom. The van der Waals surface area contributed by atoms with Crippen LogP contribution in [0.25, 0.3) is 0 Å². The summed E-state index contributed by atoms with van der Waals surface area (Å²) in [6, 6.07) is 0.222. The van der Waals surface area contributed by atoms with E-state index in [4.69, 9.17) is 5.73 Å². The maximum absolute atomic E-state index is 5.96. The van der Waals surface area contributed by atoms with E-state index in [1.807, 2.05) is 17.9 Å². The number of nitrogens with zero attached hydrogens (tertiary/aromatic N) is 4. The zero-order valence-electron chi connectivity index (χ0n) is 11.1. The Balaban J connectivity index is 2.08. The Labute approximate surface area is 117 Å². The first-order valence-corrected chi connectivity index (χ1v) is 7.29. The second-order valence-electron chi connectivity index (χ2n) is 4.75. The van der Waals surface area contributed by atoms with E-state index < -0.39 is 0 Å². The highest BCUT2D eigenvalue weighted by molar-refractivity contribution is 9.10. The standard InChI is InChI=1S/C12H22BrN5/c1-3-17-4-6-18(7-5-17)10(8-14)11-12(13)16(2)9-15-11/h9-10H,3-8,14H2,1-2H3. The highest BCUT2D eigenvalue weighted by atomic mass is 79.9. The number of rotatable bonds is 4. The molecule has 2 heterocycles. The average molecular weight is 316 g/mol. The van der Waals surface area contributed by atoms with Crippen LogP contribution in [-0.2, 0) is 7.05 Å². The molecule has 1 aromatic heterocycles. The van der Waals surface area contributed by atoms with Crippen LogP contribution < -0.4 is 5.73 Å². The number of nitrogens with two attached hydrogens (primary N) is 1. The van der Waals surface area contributed by atoms with Gasteiger partial charge in [0.2, 0.25) is 0 Å². The van der Waals surface area contributed by atoms with E-state index in [9.17, 15) is 0 Å². The summed E-state index contributed by atoms with van der Waals surface area (Å²) >= 11 is 3.59. The van der Waals surface area contributed by atoms with Crippen LogP contribution in [-0.4, -0.2) is 58.6 Å². The van der Waals surface area contributed by atoms with Crippen LogP contribution in [0, 0.1) is 0 Å². The van der Waals surface area contributed by atoms with Crippen molar-refractivity contribution in [3.05, 3.63) is 16.6 Å². The van der Waals surface area contributed by atoms with Crippen molar-refractivity contribution in [3.8, 4) is 0 Å². The third-order valence-corrected chi connectivity index (χ3v) is 4.69. The number of halogens is 1. The van der Waals surface area contributed by atoms with Gasteiger partial charge in [-0.3, -0.25) is 4.90 Å². The van der Waals surface area contributed by atoms with Crippen molar-refractivity contribution in [2.45, 2.75) is 13.0 Å². The Kier molecular flexibility index (Phi) is 4.77. The summed E-state index contributed by atoms with van der Waals surface area (Å²) in [6.45, 7) is 8.34. The Morgan fingerprint density at radius 2 is 2.06 bits per heavy atom. The van der Waals surface area contributed by atoms with Gasteiger partial charge in [0.05, 0.1) is 18.1 Å². The summed E-state index contributed by atoms with van der Waals surface area (Å²) in [4.78, 5) is 9.40. The number of imidazole rings is 1. The predicted octanol–water partition coefficient (Wildman–Crippen LogP) is 0.820. The number of aryl methyl sites for hydroxylation is 1. The molecule has 1 unspecified atom stereocenters. The van der Waals surface area contributed by atoms with Crippen molar-refractivity contribution >= 4 is 15.9 Å². The lowest BCUT2D eigenvalue weighted by Gasteiger charge is -2.38. The van der Waals surface area contributed by atoms with E-state index in [0.29, 0.717) is 6.54 Å². The predicted molar refractivity (Wildman–Crippen MR) is 76.4 cm³/mol. The topological polar surface area (TPSA) is 50.3 Å². The summed E-state index contributed by atoms with van der Waals surface area (Å²) in [5, 5.41) is 0. The third kappa shape index (κ3) is 2.77. The Bertz CT molecular complexity index is 384. The first-order valence-electron chi connectivity index (χ1n) is 6.50. The SMILES string of the molecule is CCN1CCN(C(CN)c2ncn(C)c2Br)CC1. The lowest BCUT2D eigenvalue weighted by molar-refractivity contribution is 0.100. The number of likely N-dealkylation sites (N-methyl/N-ethyl adjacent to an activating group) is 1. The molecular weight excluding hydrogens is 294 g/mol. The van der Waals surface area contributed by atoms with Gasteiger partial charge in [-0.15, -0.1) is 0 Å². The van der Waals surface area contributed by atoms with Crippen molar-refractivity contribution < 1.29 is 0 Å². The fourth-order valence-electron chi connectivity index (χ4n) is 2.48. The number of aromatic nitrogens is 2. The van der Waals surface area contributed by atoms with Crippen molar-refractivity contribution in [2.24, 2.45) is 12.8 Å². The molecule has 1 aliphatic rings. The fourth-order valence-corrected chi connectivity index (χ4v) is 2.94. The van der Waals surface area contributed by atoms with E-state index in [1.165, 1.54) is 0 Å². The summed E-state index contributed by atoms with van der Waals surface area (Å²) in [6.07, 6.45) is 1.84. The lowest BCUT2D eigenvalue weighted by atomic mass is 10.1. The molecule has 6 heteroatoms. The molecular formula is C12H22BrN5. The van der Waals surface area contributed by atoms with Crippen LogP contribution >= 0.6 is 15.9 Å². The molecule has 1 atom stereocenters. The highest BCUT2D eigenvalue weighted by Crippen LogP contribution is 2.26. The normalized spacial score (nSPS) is 20.2. The minimum absolute atomic E-state index is 0.222. The number of hydrogen-bond acceptors (Lipinski definition) is 4. The van der Waals surface area contributed by atoms with E-state index in [-0.39, 0.29) is 6.04 Å². The second-order valence-corrected chi connectivity index (χ2v) is 5.50. The third-order valence-electron chi connectivity index (χ3n) is 3.72. The van der Waals surface area contributed by atoms with Crippen molar-refractivity contribution in [2.75, 3.05) is 39.3 Å². The molecule has 2 rings (SSSR count). The molecule has 0 amide bonds. The molecule has 0 saturated carbocycles. The Morgan fingerprint density at radius 3 is 2.50 bits per heavy atom. The van der Waals surface area contributed by atoms with Gasteiger partial charge in [0.1, 0.15) is 4.60 Å². The van der Waals surface area contributed by atoms with Gasteiger partial charge in [-0.2, -0.15) is 0 Å². The van der Waals surface area contributed by atoms with Crippen LogP contribution in [0.3, 0.4) is 0 Å². The molecule has 102 valence electrons. The first-order chi connectivity index (χ1) is 8.67. The van der Waals surface area contributed by atoms with Crippen molar-refractivity contribution in [1.29, 1.82) is 0 Å². The summed E-state index contributed by atoms with van der Waals surface area (Å²) < 4.78 is 3.02. The maximum Gasteiger partial charge on any atom is 0.109 e. The van der Waals surface area contributed by atoms with Gasteiger partial charge in [0.25, 0.3) is 0 Å². The Hall–Kier alpha value is -0.430. The zero-order chi connectivity index (χ0) is 13.1. The number of hydrogen-bond donors (Lipinski definition) is 1. The minimum Gasteiger partial charge on any atom is -0.329 e. The van der Waals surface area contributed by atoms with Crippen LogP contribution in [0.2, 0.25) is 0 Å².